The monoisotopic (exact) mass is 180 g/mol. The van der Waals surface area contributed by atoms with Crippen molar-refractivity contribution in [2.45, 2.75) is 13.8 Å². The molecule has 2 N–H and O–H groups in total. The van der Waals surface area contributed by atoms with Gasteiger partial charge in [-0.2, -0.15) is 0 Å². The standard InChI is InChI=1S/C10H16N2O/c1-7(2)4-12-10(13)8(3)9-5-11-6-9/h11H,1,4-6H2,2-3H3,(H,12,13). The molecule has 0 bridgehead atoms. The summed E-state index contributed by atoms with van der Waals surface area (Å²) in [5, 5.41) is 5.91. The summed E-state index contributed by atoms with van der Waals surface area (Å²) < 4.78 is 0. The summed E-state index contributed by atoms with van der Waals surface area (Å²) in [6, 6.07) is 0. The minimum absolute atomic E-state index is 0.0273. The highest BCUT2D eigenvalue weighted by molar-refractivity contribution is 5.94. The Morgan fingerprint density at radius 3 is 2.54 bits per heavy atom. The molecule has 1 rings (SSSR count). The van der Waals surface area contributed by atoms with Crippen molar-refractivity contribution in [3.63, 3.8) is 0 Å². The van der Waals surface area contributed by atoms with Crippen LogP contribution in [0.2, 0.25) is 0 Å². The van der Waals surface area contributed by atoms with Crippen LogP contribution in [0.1, 0.15) is 13.8 Å². The Kier molecular flexibility index (Phi) is 3.25. The zero-order chi connectivity index (χ0) is 9.84. The van der Waals surface area contributed by atoms with Crippen LogP contribution in [0.3, 0.4) is 0 Å². The van der Waals surface area contributed by atoms with Crippen LogP contribution in [0.25, 0.3) is 0 Å². The van der Waals surface area contributed by atoms with Crippen molar-refractivity contribution in [3.8, 4) is 0 Å². The second kappa shape index (κ2) is 4.23. The maximum atomic E-state index is 11.4. The van der Waals surface area contributed by atoms with Crippen LogP contribution in [0.4, 0.5) is 0 Å². The molecular formula is C10H16N2O. The van der Waals surface area contributed by atoms with Gasteiger partial charge in [-0.3, -0.25) is 4.79 Å². The minimum atomic E-state index is 0.0273. The smallest absolute Gasteiger partial charge is 0.247 e. The first-order chi connectivity index (χ1) is 6.11. The number of rotatable bonds is 3. The summed E-state index contributed by atoms with van der Waals surface area (Å²) in [7, 11) is 0. The molecule has 0 spiro atoms. The van der Waals surface area contributed by atoms with Crippen LogP contribution in [0.5, 0.6) is 0 Å². The molecule has 0 aromatic heterocycles. The minimum Gasteiger partial charge on any atom is -0.349 e. The fraction of sp³-hybridized carbons (Fsp3) is 0.500. The fourth-order valence-electron chi connectivity index (χ4n) is 1.04. The van der Waals surface area contributed by atoms with Crippen LogP contribution in [-0.4, -0.2) is 25.5 Å². The summed E-state index contributed by atoms with van der Waals surface area (Å²) >= 11 is 0. The van der Waals surface area contributed by atoms with Gasteiger partial charge in [0.15, 0.2) is 0 Å². The van der Waals surface area contributed by atoms with E-state index in [0.29, 0.717) is 6.54 Å². The van der Waals surface area contributed by atoms with Crippen molar-refractivity contribution in [2.75, 3.05) is 19.6 Å². The van der Waals surface area contributed by atoms with Gasteiger partial charge in [0.25, 0.3) is 0 Å². The van der Waals surface area contributed by atoms with Crippen LogP contribution >= 0.6 is 0 Å². The lowest BCUT2D eigenvalue weighted by Crippen LogP contribution is -2.37. The molecule has 0 aromatic rings. The molecule has 1 aliphatic heterocycles. The summed E-state index contributed by atoms with van der Waals surface area (Å²) in [6.45, 7) is 9.76. The number of nitrogens with one attached hydrogen (secondary N) is 2. The Bertz CT molecular complexity index is 260. The average molecular weight is 180 g/mol. The van der Waals surface area contributed by atoms with E-state index in [-0.39, 0.29) is 5.91 Å². The molecule has 1 saturated heterocycles. The molecule has 13 heavy (non-hydrogen) atoms. The maximum Gasteiger partial charge on any atom is 0.247 e. The molecule has 1 fully saturated rings. The molecule has 0 aliphatic carbocycles. The van der Waals surface area contributed by atoms with Crippen molar-refractivity contribution >= 4 is 5.91 Å². The molecule has 1 aliphatic rings. The number of carbonyl (C=O) groups is 1. The molecule has 0 saturated carbocycles. The molecule has 0 radical (unpaired) electrons. The third-order valence-corrected chi connectivity index (χ3v) is 2.10. The molecule has 0 atom stereocenters. The van der Waals surface area contributed by atoms with Crippen molar-refractivity contribution < 1.29 is 4.79 Å². The maximum absolute atomic E-state index is 11.4. The fourth-order valence-corrected chi connectivity index (χ4v) is 1.04. The van der Waals surface area contributed by atoms with Crippen LogP contribution < -0.4 is 10.6 Å². The van der Waals surface area contributed by atoms with Gasteiger partial charge in [0, 0.05) is 25.2 Å². The molecule has 72 valence electrons. The van der Waals surface area contributed by atoms with Crippen molar-refractivity contribution in [1.82, 2.24) is 10.6 Å². The Balaban J connectivity index is 2.43. The molecule has 3 heteroatoms. The number of hydrogen-bond donors (Lipinski definition) is 2. The lowest BCUT2D eigenvalue weighted by atomic mass is 10.0. The molecule has 1 amide bonds. The average Bonchev–Trinajstić information content (AvgIpc) is 1.96. The van der Waals surface area contributed by atoms with E-state index in [1.807, 2.05) is 13.8 Å². The Morgan fingerprint density at radius 2 is 2.15 bits per heavy atom. The van der Waals surface area contributed by atoms with Gasteiger partial charge in [-0.15, -0.1) is 0 Å². The number of amides is 1. The highest BCUT2D eigenvalue weighted by Crippen LogP contribution is 2.08. The predicted octanol–water partition coefficient (Wildman–Crippen LogP) is 0.598. The van der Waals surface area contributed by atoms with Gasteiger partial charge >= 0.3 is 0 Å². The number of hydrogen-bond acceptors (Lipinski definition) is 2. The second-order valence-electron chi connectivity index (χ2n) is 3.47. The molecule has 0 unspecified atom stereocenters. The zero-order valence-electron chi connectivity index (χ0n) is 8.24. The highest BCUT2D eigenvalue weighted by Gasteiger charge is 2.15. The van der Waals surface area contributed by atoms with Gasteiger partial charge in [-0.25, -0.2) is 0 Å². The van der Waals surface area contributed by atoms with Crippen LogP contribution in [-0.2, 0) is 4.79 Å². The topological polar surface area (TPSA) is 41.1 Å². The predicted molar refractivity (Wildman–Crippen MR) is 53.4 cm³/mol. The lowest BCUT2D eigenvalue weighted by Gasteiger charge is -2.21. The summed E-state index contributed by atoms with van der Waals surface area (Å²) in [6.07, 6.45) is 0. The molecule has 1 heterocycles. The van der Waals surface area contributed by atoms with Crippen molar-refractivity contribution in [2.24, 2.45) is 0 Å². The van der Waals surface area contributed by atoms with Gasteiger partial charge in [-0.1, -0.05) is 12.2 Å². The summed E-state index contributed by atoms with van der Waals surface area (Å²) in [5.41, 5.74) is 3.03. The van der Waals surface area contributed by atoms with E-state index in [1.165, 1.54) is 5.57 Å². The van der Waals surface area contributed by atoms with Gasteiger partial charge < -0.3 is 10.6 Å². The molecular weight excluding hydrogens is 164 g/mol. The van der Waals surface area contributed by atoms with Crippen molar-refractivity contribution in [3.05, 3.63) is 23.3 Å². The van der Waals surface area contributed by atoms with E-state index in [4.69, 9.17) is 0 Å². The summed E-state index contributed by atoms with van der Waals surface area (Å²) in [5.74, 6) is 0.0273. The van der Waals surface area contributed by atoms with Crippen LogP contribution in [0.15, 0.2) is 23.3 Å². The van der Waals surface area contributed by atoms with Gasteiger partial charge in [0.05, 0.1) is 0 Å². The first kappa shape index (κ1) is 9.99. The lowest BCUT2D eigenvalue weighted by molar-refractivity contribution is -0.117. The summed E-state index contributed by atoms with van der Waals surface area (Å²) in [4.78, 5) is 11.4. The van der Waals surface area contributed by atoms with Gasteiger partial charge in [0.2, 0.25) is 5.91 Å². The zero-order valence-corrected chi connectivity index (χ0v) is 8.24. The number of carbonyl (C=O) groups excluding carboxylic acids is 1. The first-order valence-electron chi connectivity index (χ1n) is 4.43. The second-order valence-corrected chi connectivity index (χ2v) is 3.47. The van der Waals surface area contributed by atoms with Gasteiger partial charge in [-0.05, 0) is 19.4 Å². The van der Waals surface area contributed by atoms with E-state index in [1.54, 1.807) is 0 Å². The largest absolute Gasteiger partial charge is 0.349 e. The molecule has 0 aromatic carbocycles. The third-order valence-electron chi connectivity index (χ3n) is 2.10. The Hall–Kier alpha value is -1.09. The van der Waals surface area contributed by atoms with E-state index in [2.05, 4.69) is 17.2 Å². The third kappa shape index (κ3) is 2.70. The first-order valence-corrected chi connectivity index (χ1v) is 4.43. The Labute approximate surface area is 78.9 Å². The van der Waals surface area contributed by atoms with E-state index in [9.17, 15) is 4.79 Å². The SMILES string of the molecule is C=C(C)CNC(=O)C(C)=C1CNC1. The normalized spacial score (nSPS) is 14.8. The quantitative estimate of drug-likeness (QED) is 0.493. The Morgan fingerprint density at radius 1 is 1.54 bits per heavy atom. The van der Waals surface area contributed by atoms with E-state index < -0.39 is 0 Å². The van der Waals surface area contributed by atoms with Crippen molar-refractivity contribution in [1.29, 1.82) is 0 Å². The molecule has 3 nitrogen and oxygen atoms in total. The van der Waals surface area contributed by atoms with E-state index >= 15 is 0 Å². The van der Waals surface area contributed by atoms with Crippen LogP contribution in [0, 0.1) is 0 Å². The highest BCUT2D eigenvalue weighted by atomic mass is 16.1. The van der Waals surface area contributed by atoms with E-state index in [0.717, 1.165) is 24.2 Å². The van der Waals surface area contributed by atoms with Gasteiger partial charge in [0.1, 0.15) is 0 Å².